The first-order valence-electron chi connectivity index (χ1n) is 18.2. The highest BCUT2D eigenvalue weighted by atomic mass is 32.2. The van der Waals surface area contributed by atoms with Gasteiger partial charge in [-0.05, 0) is 84.9 Å². The van der Waals surface area contributed by atoms with Crippen molar-refractivity contribution < 1.29 is 12.8 Å². The van der Waals surface area contributed by atoms with E-state index in [0.29, 0.717) is 34.9 Å². The molecule has 5 aromatic carbocycles. The molecule has 8 rings (SSSR count). The number of hydrogen-bond acceptors (Lipinski definition) is 7. The van der Waals surface area contributed by atoms with Crippen LogP contribution in [0.2, 0.25) is 0 Å². The van der Waals surface area contributed by atoms with Crippen LogP contribution >= 0.6 is 11.3 Å². The number of fused-ring (bicyclic) bond motifs is 1. The topological polar surface area (TPSA) is 84.2 Å². The minimum absolute atomic E-state index is 0.246. The maximum atomic E-state index is 14.4. The number of likely N-dealkylation sites (N-methyl/N-ethyl adjacent to an activating group) is 2. The molecule has 56 heavy (non-hydrogen) atoms. The van der Waals surface area contributed by atoms with Crippen molar-refractivity contribution in [1.29, 1.82) is 0 Å². The van der Waals surface area contributed by atoms with Crippen LogP contribution in [0.5, 0.6) is 0 Å². The van der Waals surface area contributed by atoms with Gasteiger partial charge in [-0.3, -0.25) is 4.68 Å². The van der Waals surface area contributed by atoms with Gasteiger partial charge in [0.15, 0.2) is 0 Å². The summed E-state index contributed by atoms with van der Waals surface area (Å²) in [5.74, 6) is -0.337. The lowest BCUT2D eigenvalue weighted by Gasteiger charge is -2.36. The Labute approximate surface area is 330 Å². The van der Waals surface area contributed by atoms with Gasteiger partial charge in [-0.1, -0.05) is 97.1 Å². The molecule has 3 aromatic heterocycles. The number of hydrogen-bond donors (Lipinski definition) is 0. The summed E-state index contributed by atoms with van der Waals surface area (Å²) in [5, 5.41) is 6.17. The van der Waals surface area contributed by atoms with Crippen LogP contribution in [0.15, 0.2) is 162 Å². The molecule has 11 heteroatoms. The third-order valence-electron chi connectivity index (χ3n) is 10.0. The summed E-state index contributed by atoms with van der Waals surface area (Å²) < 4.78 is 45.1. The molecule has 3 heterocycles. The van der Waals surface area contributed by atoms with Crippen molar-refractivity contribution in [1.82, 2.24) is 29.0 Å². The largest absolute Gasteiger partial charge is 0.308 e. The molecule has 0 aliphatic rings. The van der Waals surface area contributed by atoms with Crippen molar-refractivity contribution in [3.8, 4) is 33.0 Å². The van der Waals surface area contributed by atoms with Gasteiger partial charge in [0.1, 0.15) is 27.6 Å². The van der Waals surface area contributed by atoms with E-state index in [9.17, 15) is 12.8 Å². The smallest absolute Gasteiger partial charge is 0.252 e. The van der Waals surface area contributed by atoms with E-state index in [1.54, 1.807) is 25.2 Å². The van der Waals surface area contributed by atoms with Crippen LogP contribution in [0, 0.1) is 5.82 Å². The first kappa shape index (κ1) is 37.1. The van der Waals surface area contributed by atoms with Crippen LogP contribution in [0.1, 0.15) is 16.7 Å². The van der Waals surface area contributed by atoms with Crippen LogP contribution in [-0.4, -0.2) is 71.6 Å². The Morgan fingerprint density at radius 2 is 1.27 bits per heavy atom. The van der Waals surface area contributed by atoms with E-state index in [2.05, 4.69) is 52.6 Å². The molecular weight excluding hydrogens is 740 g/mol. The first-order valence-corrected chi connectivity index (χ1v) is 20.4. The predicted octanol–water partition coefficient (Wildman–Crippen LogP) is 9.05. The molecule has 0 saturated heterocycles. The second kappa shape index (κ2) is 15.4. The lowest BCUT2D eigenvalue weighted by atomic mass is 9.77. The number of halogens is 1. The maximum Gasteiger partial charge on any atom is 0.252 e. The Morgan fingerprint density at radius 3 is 1.86 bits per heavy atom. The number of benzene rings is 5. The SMILES string of the molecule is CN(C)CCN(C)S(=O)(=O)c1ccc(-c2ncnc3ccc(-c4cn(C(c5ccccc5)(c5ccccc5)c5ccccc5)nc4-c4ccc(F)cc4)cc23)s1. The molecule has 8 nitrogen and oxygen atoms in total. The zero-order valence-corrected chi connectivity index (χ0v) is 32.8. The summed E-state index contributed by atoms with van der Waals surface area (Å²) in [5.41, 5.74) is 6.57. The van der Waals surface area contributed by atoms with Crippen molar-refractivity contribution in [3.05, 3.63) is 181 Å². The van der Waals surface area contributed by atoms with Gasteiger partial charge in [0, 0.05) is 42.8 Å². The predicted molar refractivity (Wildman–Crippen MR) is 222 cm³/mol. The fourth-order valence-corrected chi connectivity index (χ4v) is 9.82. The van der Waals surface area contributed by atoms with E-state index in [1.165, 1.54) is 34.1 Å². The monoisotopic (exact) mass is 778 g/mol. The third kappa shape index (κ3) is 6.83. The van der Waals surface area contributed by atoms with Gasteiger partial charge in [-0.25, -0.2) is 22.8 Å². The summed E-state index contributed by atoms with van der Waals surface area (Å²) in [4.78, 5) is 11.9. The van der Waals surface area contributed by atoms with E-state index < -0.39 is 15.6 Å². The molecule has 0 N–H and O–H groups in total. The molecule has 0 aliphatic carbocycles. The Bertz CT molecular complexity index is 2620. The molecular formula is C45H39FN6O2S2. The highest BCUT2D eigenvalue weighted by Gasteiger charge is 2.40. The molecule has 0 atom stereocenters. The third-order valence-corrected chi connectivity index (χ3v) is 13.5. The Kier molecular flexibility index (Phi) is 10.2. The van der Waals surface area contributed by atoms with Crippen molar-refractivity contribution in [2.75, 3.05) is 34.2 Å². The highest BCUT2D eigenvalue weighted by Crippen LogP contribution is 2.44. The molecule has 0 spiro atoms. The van der Waals surface area contributed by atoms with Crippen LogP contribution in [-0.2, 0) is 15.6 Å². The van der Waals surface area contributed by atoms with E-state index in [4.69, 9.17) is 5.10 Å². The van der Waals surface area contributed by atoms with Gasteiger partial charge < -0.3 is 4.90 Å². The quantitative estimate of drug-likeness (QED) is 0.115. The van der Waals surface area contributed by atoms with Gasteiger partial charge >= 0.3 is 0 Å². The van der Waals surface area contributed by atoms with Crippen LogP contribution < -0.4 is 0 Å². The molecule has 0 aliphatic heterocycles. The molecule has 280 valence electrons. The molecule has 0 fully saturated rings. The van der Waals surface area contributed by atoms with Gasteiger partial charge in [0.25, 0.3) is 10.0 Å². The second-order valence-electron chi connectivity index (χ2n) is 13.9. The summed E-state index contributed by atoms with van der Waals surface area (Å²) in [6, 6.07) is 46.8. The summed E-state index contributed by atoms with van der Waals surface area (Å²) >= 11 is 1.19. The van der Waals surface area contributed by atoms with Gasteiger partial charge in [-0.15, -0.1) is 11.3 Å². The van der Waals surface area contributed by atoms with Crippen molar-refractivity contribution in [2.45, 2.75) is 9.75 Å². The standard InChI is InChI=1S/C45H39FN6O2S2/c1-50(2)27-28-51(3)56(53,54)42-26-25-41(55-42)44-38-29-33(21-24-40(38)47-31-48-44)39-30-52(49-43(39)32-19-22-37(46)23-20-32)45(34-13-7-4-8-14-34,35-15-9-5-10-16-35)36-17-11-6-12-18-36/h4-26,29-31H,27-28H2,1-3H3. The number of sulfonamides is 1. The average molecular weight is 779 g/mol. The van der Waals surface area contributed by atoms with E-state index >= 15 is 0 Å². The summed E-state index contributed by atoms with van der Waals surface area (Å²) in [7, 11) is 1.73. The van der Waals surface area contributed by atoms with Crippen molar-refractivity contribution in [3.63, 3.8) is 0 Å². The lowest BCUT2D eigenvalue weighted by Crippen LogP contribution is -2.38. The van der Waals surface area contributed by atoms with E-state index in [1.807, 2.05) is 103 Å². The Morgan fingerprint density at radius 1 is 0.679 bits per heavy atom. The number of rotatable bonds is 12. The van der Waals surface area contributed by atoms with Gasteiger partial charge in [-0.2, -0.15) is 9.40 Å². The molecule has 0 amide bonds. The van der Waals surface area contributed by atoms with Gasteiger partial charge in [0.05, 0.1) is 16.1 Å². The molecule has 0 bridgehead atoms. The normalized spacial score (nSPS) is 12.2. The highest BCUT2D eigenvalue weighted by molar-refractivity contribution is 7.91. The van der Waals surface area contributed by atoms with Crippen molar-refractivity contribution in [2.24, 2.45) is 0 Å². The zero-order chi connectivity index (χ0) is 38.9. The second-order valence-corrected chi connectivity index (χ2v) is 17.2. The summed E-state index contributed by atoms with van der Waals surface area (Å²) in [6.07, 6.45) is 3.57. The molecule has 8 aromatic rings. The Hall–Kier alpha value is -5.85. The van der Waals surface area contributed by atoms with E-state index in [0.717, 1.165) is 38.8 Å². The number of nitrogens with zero attached hydrogens (tertiary/aromatic N) is 6. The lowest BCUT2D eigenvalue weighted by molar-refractivity contribution is 0.359. The minimum atomic E-state index is -3.70. The minimum Gasteiger partial charge on any atom is -0.308 e. The van der Waals surface area contributed by atoms with Gasteiger partial charge in [0.2, 0.25) is 0 Å². The van der Waals surface area contributed by atoms with E-state index in [-0.39, 0.29) is 10.0 Å². The average Bonchev–Trinajstić information content (AvgIpc) is 3.91. The molecule has 0 radical (unpaired) electrons. The molecule has 0 unspecified atom stereocenters. The molecule has 0 saturated carbocycles. The number of aromatic nitrogens is 4. The van der Waals surface area contributed by atoms with Crippen LogP contribution in [0.4, 0.5) is 4.39 Å². The van der Waals surface area contributed by atoms with Crippen LogP contribution in [0.25, 0.3) is 43.9 Å². The van der Waals surface area contributed by atoms with Crippen molar-refractivity contribution >= 4 is 32.3 Å². The first-order chi connectivity index (χ1) is 27.2. The Balaban J connectivity index is 1.33. The maximum absolute atomic E-state index is 14.4. The fourth-order valence-electron chi connectivity index (χ4n) is 7.13. The van der Waals surface area contributed by atoms with Crippen LogP contribution in [0.3, 0.4) is 0 Å². The zero-order valence-electron chi connectivity index (χ0n) is 31.1. The fraction of sp³-hybridized carbons (Fsp3) is 0.133. The number of thiophene rings is 1. The summed E-state index contributed by atoms with van der Waals surface area (Å²) in [6.45, 7) is 0.972.